The lowest BCUT2D eigenvalue weighted by Crippen LogP contribution is -2.20. The molecule has 3 nitrogen and oxygen atoms in total. The highest BCUT2D eigenvalue weighted by Crippen LogP contribution is 2.41. The van der Waals surface area contributed by atoms with Gasteiger partial charge in [-0.25, -0.2) is 0 Å². The van der Waals surface area contributed by atoms with Gasteiger partial charge in [-0.05, 0) is 57.0 Å². The summed E-state index contributed by atoms with van der Waals surface area (Å²) in [5, 5.41) is 4.31. The molecule has 1 heterocycles. The number of benzene rings is 1. The number of hydrogen-bond donors (Lipinski definition) is 1. The number of nitrogens with one attached hydrogen (secondary N) is 1. The Morgan fingerprint density at radius 2 is 1.95 bits per heavy atom. The zero-order chi connectivity index (χ0) is 14.2. The average molecular weight is 391 g/mol. The molecule has 0 amide bonds. The Labute approximate surface area is 129 Å². The predicted molar refractivity (Wildman–Crippen MR) is 84.8 cm³/mol. The lowest BCUT2D eigenvalue weighted by Gasteiger charge is -2.17. The average Bonchev–Trinajstić information content (AvgIpc) is 2.79. The van der Waals surface area contributed by atoms with Crippen molar-refractivity contribution in [3.05, 3.63) is 26.8 Å². The molecule has 1 aromatic heterocycles. The van der Waals surface area contributed by atoms with Crippen LogP contribution in [0.25, 0.3) is 11.0 Å². The van der Waals surface area contributed by atoms with Gasteiger partial charge in [0.25, 0.3) is 0 Å². The highest BCUT2D eigenvalue weighted by atomic mass is 79.9. The fourth-order valence-electron chi connectivity index (χ4n) is 2.23. The molecule has 1 aromatic carbocycles. The number of furan rings is 1. The molecular formula is C14H17Br2NO2. The standard InChI is InChI=1S/C14H17Br2NO2/c1-7(2)13(17-3)11-5-8-12(16)10(18-4)6-9(15)14(8)19-11/h5-7,13,17H,1-4H3. The van der Waals surface area contributed by atoms with Crippen LogP contribution in [0, 0.1) is 5.92 Å². The Bertz CT molecular complexity index is 593. The fraction of sp³-hybridized carbons (Fsp3) is 0.429. The summed E-state index contributed by atoms with van der Waals surface area (Å²) >= 11 is 7.10. The van der Waals surface area contributed by atoms with Crippen molar-refractivity contribution >= 4 is 42.8 Å². The van der Waals surface area contributed by atoms with Crippen LogP contribution in [0.2, 0.25) is 0 Å². The molecule has 2 aromatic rings. The molecule has 0 aliphatic heterocycles. The Hall–Kier alpha value is -0.520. The van der Waals surface area contributed by atoms with Gasteiger partial charge in [-0.1, -0.05) is 13.8 Å². The van der Waals surface area contributed by atoms with E-state index in [1.54, 1.807) is 7.11 Å². The molecule has 1 N–H and O–H groups in total. The molecule has 0 aliphatic rings. The van der Waals surface area contributed by atoms with E-state index in [1.807, 2.05) is 13.1 Å². The third kappa shape index (κ3) is 2.69. The summed E-state index contributed by atoms with van der Waals surface area (Å²) in [6.45, 7) is 4.33. The van der Waals surface area contributed by atoms with Crippen molar-refractivity contribution in [1.29, 1.82) is 0 Å². The van der Waals surface area contributed by atoms with E-state index >= 15 is 0 Å². The largest absolute Gasteiger partial charge is 0.496 e. The Balaban J connectivity index is 2.63. The Morgan fingerprint density at radius 3 is 2.47 bits per heavy atom. The first kappa shape index (κ1) is 14.9. The molecule has 1 atom stereocenters. The van der Waals surface area contributed by atoms with Crippen molar-refractivity contribution in [2.24, 2.45) is 5.92 Å². The number of methoxy groups -OCH3 is 1. The van der Waals surface area contributed by atoms with Crippen LogP contribution < -0.4 is 10.1 Å². The third-order valence-corrected chi connectivity index (χ3v) is 4.59. The smallest absolute Gasteiger partial charge is 0.149 e. The first-order valence-electron chi connectivity index (χ1n) is 6.12. The molecule has 0 bridgehead atoms. The van der Waals surface area contributed by atoms with Crippen LogP contribution in [-0.2, 0) is 0 Å². The number of rotatable bonds is 4. The molecule has 2 rings (SSSR count). The van der Waals surface area contributed by atoms with Crippen LogP contribution in [0.4, 0.5) is 0 Å². The van der Waals surface area contributed by atoms with E-state index in [1.165, 1.54) is 0 Å². The van der Waals surface area contributed by atoms with Crippen molar-refractivity contribution < 1.29 is 9.15 Å². The van der Waals surface area contributed by atoms with Crippen LogP contribution in [0.1, 0.15) is 25.6 Å². The molecule has 1 unspecified atom stereocenters. The van der Waals surface area contributed by atoms with E-state index < -0.39 is 0 Å². The summed E-state index contributed by atoms with van der Waals surface area (Å²) in [6.07, 6.45) is 0. The van der Waals surface area contributed by atoms with Crippen LogP contribution in [0.3, 0.4) is 0 Å². The van der Waals surface area contributed by atoms with Gasteiger partial charge in [0, 0.05) is 5.39 Å². The second kappa shape index (κ2) is 5.85. The summed E-state index contributed by atoms with van der Waals surface area (Å²) in [6, 6.07) is 4.16. The zero-order valence-electron chi connectivity index (χ0n) is 11.4. The molecule has 0 aliphatic carbocycles. The number of ether oxygens (including phenoxy) is 1. The second-order valence-electron chi connectivity index (χ2n) is 4.78. The minimum absolute atomic E-state index is 0.192. The monoisotopic (exact) mass is 389 g/mol. The fourth-order valence-corrected chi connectivity index (χ4v) is 3.31. The van der Waals surface area contributed by atoms with E-state index in [0.29, 0.717) is 5.92 Å². The maximum Gasteiger partial charge on any atom is 0.149 e. The van der Waals surface area contributed by atoms with Crippen molar-refractivity contribution in [2.45, 2.75) is 19.9 Å². The minimum Gasteiger partial charge on any atom is -0.496 e. The van der Waals surface area contributed by atoms with Crippen LogP contribution in [-0.4, -0.2) is 14.2 Å². The summed E-state index contributed by atoms with van der Waals surface area (Å²) in [5.74, 6) is 2.17. The molecule has 104 valence electrons. The SMILES string of the molecule is CNC(c1cc2c(Br)c(OC)cc(Br)c2o1)C(C)C. The summed E-state index contributed by atoms with van der Waals surface area (Å²) < 4.78 is 13.2. The molecule has 5 heteroatoms. The van der Waals surface area contributed by atoms with E-state index in [2.05, 4.69) is 57.1 Å². The molecule has 0 saturated carbocycles. The normalized spacial score (nSPS) is 13.2. The highest BCUT2D eigenvalue weighted by Gasteiger charge is 2.21. The second-order valence-corrected chi connectivity index (χ2v) is 6.42. The highest BCUT2D eigenvalue weighted by molar-refractivity contribution is 9.11. The van der Waals surface area contributed by atoms with Gasteiger partial charge in [0.2, 0.25) is 0 Å². The molecule has 0 fully saturated rings. The first-order chi connectivity index (χ1) is 8.99. The van der Waals surface area contributed by atoms with Crippen molar-refractivity contribution in [3.8, 4) is 5.75 Å². The van der Waals surface area contributed by atoms with Gasteiger partial charge in [0.15, 0.2) is 0 Å². The van der Waals surface area contributed by atoms with E-state index in [-0.39, 0.29) is 6.04 Å². The number of hydrogen-bond acceptors (Lipinski definition) is 3. The summed E-state index contributed by atoms with van der Waals surface area (Å²) in [7, 11) is 3.60. The predicted octanol–water partition coefficient (Wildman–Crippen LogP) is 4.88. The van der Waals surface area contributed by atoms with E-state index in [4.69, 9.17) is 9.15 Å². The summed E-state index contributed by atoms with van der Waals surface area (Å²) in [5.41, 5.74) is 0.837. The van der Waals surface area contributed by atoms with Gasteiger partial charge >= 0.3 is 0 Å². The third-order valence-electron chi connectivity index (χ3n) is 3.18. The molecular weight excluding hydrogens is 374 g/mol. The molecule has 0 spiro atoms. The molecule has 0 radical (unpaired) electrons. The van der Waals surface area contributed by atoms with Gasteiger partial charge < -0.3 is 14.5 Å². The van der Waals surface area contributed by atoms with Crippen molar-refractivity contribution in [1.82, 2.24) is 5.32 Å². The topological polar surface area (TPSA) is 34.4 Å². The van der Waals surface area contributed by atoms with Gasteiger partial charge in [0.1, 0.15) is 17.1 Å². The van der Waals surface area contributed by atoms with Crippen LogP contribution in [0.15, 0.2) is 25.5 Å². The van der Waals surface area contributed by atoms with E-state index in [9.17, 15) is 0 Å². The van der Waals surface area contributed by atoms with Crippen LogP contribution >= 0.6 is 31.9 Å². The van der Waals surface area contributed by atoms with E-state index in [0.717, 1.165) is 31.4 Å². The Kier molecular flexibility index (Phi) is 4.58. The van der Waals surface area contributed by atoms with Gasteiger partial charge in [-0.2, -0.15) is 0 Å². The Morgan fingerprint density at radius 1 is 1.26 bits per heavy atom. The van der Waals surface area contributed by atoms with Crippen molar-refractivity contribution in [2.75, 3.05) is 14.2 Å². The van der Waals surface area contributed by atoms with Crippen LogP contribution in [0.5, 0.6) is 5.75 Å². The first-order valence-corrected chi connectivity index (χ1v) is 7.70. The summed E-state index contributed by atoms with van der Waals surface area (Å²) in [4.78, 5) is 0. The zero-order valence-corrected chi connectivity index (χ0v) is 14.6. The van der Waals surface area contributed by atoms with Gasteiger partial charge in [-0.15, -0.1) is 0 Å². The lowest BCUT2D eigenvalue weighted by molar-refractivity contribution is 0.370. The van der Waals surface area contributed by atoms with Gasteiger partial charge in [-0.3, -0.25) is 0 Å². The molecule has 19 heavy (non-hydrogen) atoms. The maximum absolute atomic E-state index is 6.00. The maximum atomic E-state index is 6.00. The quantitative estimate of drug-likeness (QED) is 0.807. The van der Waals surface area contributed by atoms with Crippen molar-refractivity contribution in [3.63, 3.8) is 0 Å². The number of halogens is 2. The lowest BCUT2D eigenvalue weighted by atomic mass is 10.0. The minimum atomic E-state index is 0.192. The number of fused-ring (bicyclic) bond motifs is 1. The van der Waals surface area contributed by atoms with Gasteiger partial charge in [0.05, 0.1) is 22.1 Å². The molecule has 0 saturated heterocycles.